The van der Waals surface area contributed by atoms with Crippen LogP contribution in [0.4, 0.5) is 0 Å². The van der Waals surface area contributed by atoms with Crippen molar-refractivity contribution in [3.8, 4) is 11.5 Å². The average Bonchev–Trinajstić information content (AvgIpc) is 2.54. The highest BCUT2D eigenvalue weighted by Gasteiger charge is 2.07. The van der Waals surface area contributed by atoms with Crippen molar-refractivity contribution < 1.29 is 19.0 Å². The summed E-state index contributed by atoms with van der Waals surface area (Å²) in [7, 11) is 1.55. The smallest absolute Gasteiger partial charge is 0.161 e. The Balaban J connectivity index is 2.62. The summed E-state index contributed by atoms with van der Waals surface area (Å²) >= 11 is 0. The normalized spacial score (nSPS) is 10.9. The van der Waals surface area contributed by atoms with Gasteiger partial charge in [-0.3, -0.25) is 4.79 Å². The third kappa shape index (κ3) is 5.81. The van der Waals surface area contributed by atoms with Crippen molar-refractivity contribution in [2.24, 2.45) is 0 Å². The van der Waals surface area contributed by atoms with Gasteiger partial charge in [0.2, 0.25) is 0 Å². The monoisotopic (exact) mass is 318 g/mol. The first kappa shape index (κ1) is 18.8. The number of benzene rings is 1. The van der Waals surface area contributed by atoms with Crippen LogP contribution in [0, 0.1) is 0 Å². The van der Waals surface area contributed by atoms with Gasteiger partial charge in [0.25, 0.3) is 0 Å². The Hall–Kier alpha value is -2.23. The van der Waals surface area contributed by atoms with Gasteiger partial charge in [0.05, 0.1) is 7.11 Å². The van der Waals surface area contributed by atoms with Gasteiger partial charge in [0.1, 0.15) is 25.3 Å². The van der Waals surface area contributed by atoms with Gasteiger partial charge in [-0.15, -0.1) is 0 Å². The molecule has 1 aromatic rings. The van der Waals surface area contributed by atoms with Gasteiger partial charge < -0.3 is 14.2 Å². The summed E-state index contributed by atoms with van der Waals surface area (Å²) in [5.74, 6) is 2.05. The summed E-state index contributed by atoms with van der Waals surface area (Å²) in [6.45, 7) is 9.05. The zero-order valence-electron chi connectivity index (χ0n) is 14.6. The number of allylic oxidation sites excluding steroid dienone is 3. The Bertz CT molecular complexity index is 581. The summed E-state index contributed by atoms with van der Waals surface area (Å²) in [4.78, 5) is 10.8. The Morgan fingerprint density at radius 1 is 1.13 bits per heavy atom. The van der Waals surface area contributed by atoms with Crippen LogP contribution in [0.5, 0.6) is 11.5 Å². The fraction of sp³-hybridized carbons (Fsp3) is 0.421. The van der Waals surface area contributed by atoms with Gasteiger partial charge in [0.15, 0.2) is 11.5 Å². The molecule has 4 heteroatoms. The van der Waals surface area contributed by atoms with Crippen LogP contribution in [0.3, 0.4) is 0 Å². The highest BCUT2D eigenvalue weighted by atomic mass is 16.5. The van der Waals surface area contributed by atoms with Crippen molar-refractivity contribution >= 4 is 6.29 Å². The van der Waals surface area contributed by atoms with Crippen LogP contribution in [-0.2, 0) is 4.74 Å². The molecule has 0 heterocycles. The largest absolute Gasteiger partial charge is 0.493 e. The zero-order chi connectivity index (χ0) is 17.2. The van der Waals surface area contributed by atoms with Crippen molar-refractivity contribution in [3.05, 3.63) is 46.7 Å². The molecule has 0 spiro atoms. The first-order valence-electron chi connectivity index (χ1n) is 7.76. The number of ether oxygens (including phenoxy) is 3. The molecule has 1 rings (SSSR count). The number of carbonyl (C=O) groups excluding carboxylic acids is 1. The van der Waals surface area contributed by atoms with Crippen LogP contribution in [0.15, 0.2) is 41.2 Å². The standard InChI is InChI=1S/C19H26O4/c1-6-7-15(4)19(14(2)3)23-11-10-22-17-9-8-16(13-20)12-18(17)21-5/h7-9,12-13H,6,10-11H2,1-5H3/b15-7-. The molecule has 0 aromatic heterocycles. The molecule has 23 heavy (non-hydrogen) atoms. The predicted octanol–water partition coefficient (Wildman–Crippen LogP) is 4.55. The summed E-state index contributed by atoms with van der Waals surface area (Å²) in [5, 5.41) is 0. The molecular formula is C19H26O4. The van der Waals surface area contributed by atoms with Crippen LogP contribution in [0.2, 0.25) is 0 Å². The van der Waals surface area contributed by atoms with E-state index in [-0.39, 0.29) is 0 Å². The summed E-state index contributed by atoms with van der Waals surface area (Å²) < 4.78 is 16.8. The molecule has 0 amide bonds. The highest BCUT2D eigenvalue weighted by molar-refractivity contribution is 5.76. The van der Waals surface area contributed by atoms with Gasteiger partial charge in [0, 0.05) is 5.56 Å². The molecule has 0 bridgehead atoms. The quantitative estimate of drug-likeness (QED) is 0.290. The van der Waals surface area contributed by atoms with E-state index in [2.05, 4.69) is 13.0 Å². The van der Waals surface area contributed by atoms with Crippen LogP contribution < -0.4 is 9.47 Å². The second-order valence-corrected chi connectivity index (χ2v) is 5.35. The molecule has 4 nitrogen and oxygen atoms in total. The fourth-order valence-electron chi connectivity index (χ4n) is 2.22. The van der Waals surface area contributed by atoms with Crippen molar-refractivity contribution in [2.45, 2.75) is 34.1 Å². The molecule has 0 unspecified atom stereocenters. The molecule has 0 saturated heterocycles. The zero-order valence-corrected chi connectivity index (χ0v) is 14.6. The highest BCUT2D eigenvalue weighted by Crippen LogP contribution is 2.27. The Labute approximate surface area is 138 Å². The lowest BCUT2D eigenvalue weighted by molar-refractivity contribution is 0.112. The number of carbonyl (C=O) groups is 1. The lowest BCUT2D eigenvalue weighted by atomic mass is 10.1. The third-order valence-corrected chi connectivity index (χ3v) is 3.23. The minimum Gasteiger partial charge on any atom is -0.493 e. The maximum atomic E-state index is 10.8. The molecule has 0 atom stereocenters. The number of aldehydes is 1. The van der Waals surface area contributed by atoms with Gasteiger partial charge in [-0.05, 0) is 56.5 Å². The maximum absolute atomic E-state index is 10.8. The van der Waals surface area contributed by atoms with E-state index < -0.39 is 0 Å². The van der Waals surface area contributed by atoms with Crippen molar-refractivity contribution in [3.63, 3.8) is 0 Å². The average molecular weight is 318 g/mol. The molecule has 126 valence electrons. The van der Waals surface area contributed by atoms with Crippen molar-refractivity contribution in [1.82, 2.24) is 0 Å². The van der Waals surface area contributed by atoms with Crippen LogP contribution in [0.1, 0.15) is 44.5 Å². The third-order valence-electron chi connectivity index (χ3n) is 3.23. The maximum Gasteiger partial charge on any atom is 0.161 e. The van der Waals surface area contributed by atoms with Gasteiger partial charge in [-0.25, -0.2) is 0 Å². The molecule has 1 aromatic carbocycles. The molecule has 0 aliphatic carbocycles. The number of rotatable bonds is 9. The Morgan fingerprint density at radius 2 is 1.87 bits per heavy atom. The van der Waals surface area contributed by atoms with Gasteiger partial charge in [-0.2, -0.15) is 0 Å². The van der Waals surface area contributed by atoms with E-state index >= 15 is 0 Å². The number of hydrogen-bond acceptors (Lipinski definition) is 4. The Morgan fingerprint density at radius 3 is 2.43 bits per heavy atom. The van der Waals surface area contributed by atoms with Crippen LogP contribution >= 0.6 is 0 Å². The van der Waals surface area contributed by atoms with E-state index in [0.29, 0.717) is 30.3 Å². The van der Waals surface area contributed by atoms with E-state index in [0.717, 1.165) is 29.6 Å². The molecule has 0 radical (unpaired) electrons. The summed E-state index contributed by atoms with van der Waals surface area (Å²) in [6, 6.07) is 5.08. The van der Waals surface area contributed by atoms with Crippen molar-refractivity contribution in [2.75, 3.05) is 20.3 Å². The molecule has 0 saturated carbocycles. The van der Waals surface area contributed by atoms with Crippen LogP contribution in [0.25, 0.3) is 0 Å². The lowest BCUT2D eigenvalue weighted by Crippen LogP contribution is -2.08. The topological polar surface area (TPSA) is 44.8 Å². The number of methoxy groups -OCH3 is 1. The summed E-state index contributed by atoms with van der Waals surface area (Å²) in [6.07, 6.45) is 3.90. The van der Waals surface area contributed by atoms with Gasteiger partial charge >= 0.3 is 0 Å². The first-order valence-corrected chi connectivity index (χ1v) is 7.76. The second kappa shape index (κ2) is 9.72. The summed E-state index contributed by atoms with van der Waals surface area (Å²) in [5.41, 5.74) is 2.83. The van der Waals surface area contributed by atoms with Crippen molar-refractivity contribution in [1.29, 1.82) is 0 Å². The molecule has 0 aliphatic heterocycles. The Kier molecular flexibility index (Phi) is 7.95. The predicted molar refractivity (Wildman–Crippen MR) is 92.3 cm³/mol. The second-order valence-electron chi connectivity index (χ2n) is 5.35. The minimum absolute atomic E-state index is 0.396. The first-order chi connectivity index (χ1) is 11.0. The molecule has 0 aliphatic rings. The van der Waals surface area contributed by atoms with Gasteiger partial charge in [-0.1, -0.05) is 13.0 Å². The van der Waals surface area contributed by atoms with Crippen LogP contribution in [-0.4, -0.2) is 26.6 Å². The lowest BCUT2D eigenvalue weighted by Gasteiger charge is -2.15. The molecule has 0 fully saturated rings. The van der Waals surface area contributed by atoms with E-state index in [1.54, 1.807) is 25.3 Å². The number of hydrogen-bond donors (Lipinski definition) is 0. The van der Waals surface area contributed by atoms with E-state index in [4.69, 9.17) is 14.2 Å². The minimum atomic E-state index is 0.396. The fourth-order valence-corrected chi connectivity index (χ4v) is 2.22. The molecule has 0 N–H and O–H groups in total. The van der Waals surface area contributed by atoms with E-state index in [9.17, 15) is 4.79 Å². The van der Waals surface area contributed by atoms with E-state index in [1.807, 2.05) is 20.8 Å². The SMILES string of the molecule is CC/C=C(/C)C(OCCOc1ccc(C=O)cc1OC)=C(C)C. The van der Waals surface area contributed by atoms with E-state index in [1.165, 1.54) is 0 Å². The molecular weight excluding hydrogens is 292 g/mol.